The van der Waals surface area contributed by atoms with Gasteiger partial charge in [-0.2, -0.15) is 0 Å². The van der Waals surface area contributed by atoms with Gasteiger partial charge in [0, 0.05) is 40.7 Å². The van der Waals surface area contributed by atoms with Crippen molar-refractivity contribution in [3.63, 3.8) is 0 Å². The Morgan fingerprint density at radius 3 is 2.79 bits per heavy atom. The molecule has 0 atom stereocenters. The summed E-state index contributed by atoms with van der Waals surface area (Å²) in [6.07, 6.45) is 3.81. The van der Waals surface area contributed by atoms with E-state index >= 15 is 0 Å². The van der Waals surface area contributed by atoms with E-state index < -0.39 is 0 Å². The first-order valence-corrected chi connectivity index (χ1v) is 7.74. The molecular formula is C19H20N2O3. The summed E-state index contributed by atoms with van der Waals surface area (Å²) in [7, 11) is 1.62. The predicted octanol–water partition coefficient (Wildman–Crippen LogP) is 2.94. The fraction of sp³-hybridized carbons (Fsp3) is 0.263. The summed E-state index contributed by atoms with van der Waals surface area (Å²) in [6.45, 7) is 4.20. The van der Waals surface area contributed by atoms with Crippen LogP contribution in [0.2, 0.25) is 0 Å². The summed E-state index contributed by atoms with van der Waals surface area (Å²) in [5.74, 6) is 0.475. The van der Waals surface area contributed by atoms with Crippen LogP contribution in [0.15, 0.2) is 42.6 Å². The minimum atomic E-state index is -0.170. The second kappa shape index (κ2) is 6.00. The molecule has 0 amide bonds. The lowest BCUT2D eigenvalue weighted by Crippen LogP contribution is -2.43. The Balaban J connectivity index is 2.03. The van der Waals surface area contributed by atoms with Crippen molar-refractivity contribution in [1.82, 2.24) is 10.3 Å². The van der Waals surface area contributed by atoms with E-state index in [1.54, 1.807) is 19.3 Å². The summed E-state index contributed by atoms with van der Waals surface area (Å²) in [5, 5.41) is 12.7. The van der Waals surface area contributed by atoms with Gasteiger partial charge in [-0.05, 0) is 44.0 Å². The number of carbonyl (C=O) groups is 1. The number of hydrogen-bond acceptors (Lipinski definition) is 5. The molecule has 0 aliphatic carbocycles. The van der Waals surface area contributed by atoms with Gasteiger partial charge in [0.05, 0.1) is 7.11 Å². The highest BCUT2D eigenvalue weighted by molar-refractivity contribution is 6.08. The van der Waals surface area contributed by atoms with Crippen molar-refractivity contribution in [2.45, 2.75) is 25.8 Å². The number of ether oxygens (including phenoxy) is 1. The van der Waals surface area contributed by atoms with Crippen LogP contribution in [-0.4, -0.2) is 28.5 Å². The van der Waals surface area contributed by atoms with Gasteiger partial charge < -0.3 is 15.2 Å². The van der Waals surface area contributed by atoms with E-state index in [9.17, 15) is 9.90 Å². The second-order valence-electron chi connectivity index (χ2n) is 6.54. The lowest BCUT2D eigenvalue weighted by molar-refractivity contribution is 0.104. The highest BCUT2D eigenvalue weighted by Gasteiger charge is 2.28. The number of hydrogen-bond donors (Lipinski definition) is 2. The molecule has 2 aromatic rings. The number of aromatic hydroxyl groups is 1. The van der Waals surface area contributed by atoms with Gasteiger partial charge in [-0.25, -0.2) is 4.98 Å². The molecule has 124 valence electrons. The van der Waals surface area contributed by atoms with Crippen molar-refractivity contribution in [3.05, 3.63) is 59.3 Å². The standard InChI is InChI=1S/C19H20N2O3/c1-19(2)10-12-4-6-14(24-3)8-15(12)16(21-19)9-17(22)13-5-7-18(23)20-11-13/h4-9,11,21H,10H2,1-3H3,(H,20,23). The van der Waals surface area contributed by atoms with Crippen LogP contribution in [0.3, 0.4) is 0 Å². The minimum Gasteiger partial charge on any atom is -0.497 e. The highest BCUT2D eigenvalue weighted by atomic mass is 16.5. The van der Waals surface area contributed by atoms with Crippen molar-refractivity contribution in [3.8, 4) is 11.6 Å². The maximum atomic E-state index is 12.5. The molecule has 3 rings (SSSR count). The topological polar surface area (TPSA) is 71.5 Å². The summed E-state index contributed by atoms with van der Waals surface area (Å²) in [5.41, 5.74) is 3.17. The summed E-state index contributed by atoms with van der Waals surface area (Å²) in [6, 6.07) is 8.87. The number of carbonyl (C=O) groups excluding carboxylic acids is 1. The smallest absolute Gasteiger partial charge is 0.210 e. The molecule has 0 spiro atoms. The maximum Gasteiger partial charge on any atom is 0.210 e. The zero-order valence-corrected chi connectivity index (χ0v) is 14.0. The Bertz CT molecular complexity index is 808. The van der Waals surface area contributed by atoms with Gasteiger partial charge in [0.1, 0.15) is 5.75 Å². The van der Waals surface area contributed by atoms with Crippen LogP contribution in [0.4, 0.5) is 0 Å². The third-order valence-corrected chi connectivity index (χ3v) is 4.02. The Morgan fingerprint density at radius 2 is 2.12 bits per heavy atom. The number of aromatic nitrogens is 1. The van der Waals surface area contributed by atoms with Gasteiger partial charge in [0.25, 0.3) is 0 Å². The fourth-order valence-corrected chi connectivity index (χ4v) is 2.90. The minimum absolute atomic E-state index is 0.105. The monoisotopic (exact) mass is 324 g/mol. The van der Waals surface area contributed by atoms with E-state index in [0.717, 1.165) is 23.4 Å². The number of rotatable bonds is 3. The van der Waals surface area contributed by atoms with E-state index in [0.29, 0.717) is 5.56 Å². The average molecular weight is 324 g/mol. The summed E-state index contributed by atoms with van der Waals surface area (Å²) in [4.78, 5) is 16.3. The highest BCUT2D eigenvalue weighted by Crippen LogP contribution is 2.32. The van der Waals surface area contributed by atoms with Crippen LogP contribution in [0.1, 0.15) is 35.3 Å². The zero-order chi connectivity index (χ0) is 17.3. The van der Waals surface area contributed by atoms with Crippen LogP contribution in [0, 0.1) is 0 Å². The number of fused-ring (bicyclic) bond motifs is 1. The second-order valence-corrected chi connectivity index (χ2v) is 6.54. The molecule has 0 radical (unpaired) electrons. The normalized spacial score (nSPS) is 17.0. The first-order valence-electron chi connectivity index (χ1n) is 7.74. The van der Waals surface area contributed by atoms with Gasteiger partial charge in [-0.15, -0.1) is 0 Å². The molecular weight excluding hydrogens is 304 g/mol. The maximum absolute atomic E-state index is 12.5. The quantitative estimate of drug-likeness (QED) is 0.671. The van der Waals surface area contributed by atoms with Gasteiger partial charge in [0.2, 0.25) is 5.88 Å². The molecule has 2 heterocycles. The molecule has 24 heavy (non-hydrogen) atoms. The molecule has 1 aliphatic heterocycles. The van der Waals surface area contributed by atoms with Crippen LogP contribution < -0.4 is 10.1 Å². The molecule has 1 aliphatic rings. The molecule has 1 aromatic heterocycles. The van der Waals surface area contributed by atoms with Gasteiger partial charge in [-0.3, -0.25) is 4.79 Å². The zero-order valence-electron chi connectivity index (χ0n) is 14.0. The van der Waals surface area contributed by atoms with Crippen molar-refractivity contribution in [2.75, 3.05) is 7.11 Å². The van der Waals surface area contributed by atoms with E-state index in [1.807, 2.05) is 18.2 Å². The average Bonchev–Trinajstić information content (AvgIpc) is 2.54. The first-order chi connectivity index (χ1) is 11.4. The van der Waals surface area contributed by atoms with Crippen molar-refractivity contribution >= 4 is 11.5 Å². The molecule has 0 bridgehead atoms. The van der Waals surface area contributed by atoms with Crippen LogP contribution in [0.5, 0.6) is 11.6 Å². The van der Waals surface area contributed by atoms with Crippen LogP contribution >= 0.6 is 0 Å². The largest absolute Gasteiger partial charge is 0.497 e. The SMILES string of the molecule is COc1ccc2c(c1)C(=CC(=O)c1ccc(O)nc1)NC(C)(C)C2. The molecule has 0 unspecified atom stereocenters. The molecule has 2 N–H and O–H groups in total. The van der Waals surface area contributed by atoms with Gasteiger partial charge in [0.15, 0.2) is 5.78 Å². The first kappa shape index (κ1) is 16.1. The van der Waals surface area contributed by atoms with Gasteiger partial charge >= 0.3 is 0 Å². The number of allylic oxidation sites excluding steroid dienone is 1. The Kier molecular flexibility index (Phi) is 4.01. The van der Waals surface area contributed by atoms with Gasteiger partial charge in [-0.1, -0.05) is 6.07 Å². The van der Waals surface area contributed by atoms with Crippen molar-refractivity contribution < 1.29 is 14.6 Å². The molecule has 0 saturated heterocycles. The lowest BCUT2D eigenvalue weighted by Gasteiger charge is -2.35. The van der Waals surface area contributed by atoms with Crippen molar-refractivity contribution in [1.29, 1.82) is 0 Å². The molecule has 5 heteroatoms. The molecule has 5 nitrogen and oxygen atoms in total. The van der Waals surface area contributed by atoms with E-state index in [4.69, 9.17) is 4.74 Å². The van der Waals surface area contributed by atoms with Crippen molar-refractivity contribution in [2.24, 2.45) is 0 Å². The number of nitrogens with one attached hydrogen (secondary N) is 1. The number of nitrogens with zero attached hydrogens (tertiary/aromatic N) is 1. The van der Waals surface area contributed by atoms with E-state index in [2.05, 4.69) is 24.1 Å². The Labute approximate surface area is 141 Å². The third kappa shape index (κ3) is 3.25. The summed E-state index contributed by atoms with van der Waals surface area (Å²) >= 11 is 0. The number of benzene rings is 1. The summed E-state index contributed by atoms with van der Waals surface area (Å²) < 4.78 is 5.31. The van der Waals surface area contributed by atoms with E-state index in [-0.39, 0.29) is 17.2 Å². The van der Waals surface area contributed by atoms with E-state index in [1.165, 1.54) is 17.8 Å². The third-order valence-electron chi connectivity index (χ3n) is 4.02. The Hall–Kier alpha value is -2.82. The number of pyridine rings is 1. The molecule has 0 fully saturated rings. The fourth-order valence-electron chi connectivity index (χ4n) is 2.90. The van der Waals surface area contributed by atoms with Crippen LogP contribution in [-0.2, 0) is 6.42 Å². The molecule has 0 saturated carbocycles. The number of methoxy groups -OCH3 is 1. The lowest BCUT2D eigenvalue weighted by atomic mass is 9.85. The number of ketones is 1. The van der Waals surface area contributed by atoms with Crippen LogP contribution in [0.25, 0.3) is 5.70 Å². The molecule has 1 aromatic carbocycles. The predicted molar refractivity (Wildman–Crippen MR) is 92.1 cm³/mol. The Morgan fingerprint density at radius 1 is 1.33 bits per heavy atom.